The Balaban J connectivity index is 1.47. The highest BCUT2D eigenvalue weighted by Crippen LogP contribution is 2.32. The number of ether oxygens (including phenoxy) is 2. The summed E-state index contributed by atoms with van der Waals surface area (Å²) in [5.41, 5.74) is 1.63. The zero-order chi connectivity index (χ0) is 19.5. The molecule has 144 valence electrons. The van der Waals surface area contributed by atoms with Crippen molar-refractivity contribution in [2.75, 3.05) is 6.79 Å². The number of halogens is 1. The number of carbonyl (C=O) groups excluding carboxylic acids is 1. The number of imidazole rings is 1. The third kappa shape index (κ3) is 3.83. The SMILES string of the molecule is Cn1ccnc1C(NC(=O)CCc1ccc2c(c1)OCO2)c1cccc(F)c1. The Bertz CT molecular complexity index is 1000. The van der Waals surface area contributed by atoms with Crippen molar-refractivity contribution in [3.8, 4) is 11.5 Å². The summed E-state index contributed by atoms with van der Waals surface area (Å²) >= 11 is 0. The minimum absolute atomic E-state index is 0.144. The summed E-state index contributed by atoms with van der Waals surface area (Å²) in [6, 6.07) is 11.3. The number of benzene rings is 2. The van der Waals surface area contributed by atoms with E-state index >= 15 is 0 Å². The first-order chi connectivity index (χ1) is 13.6. The summed E-state index contributed by atoms with van der Waals surface area (Å²) in [5, 5.41) is 2.98. The lowest BCUT2D eigenvalue weighted by molar-refractivity contribution is -0.121. The molecule has 1 aliphatic rings. The van der Waals surface area contributed by atoms with Gasteiger partial charge in [0.15, 0.2) is 11.5 Å². The molecule has 2 heterocycles. The van der Waals surface area contributed by atoms with Crippen LogP contribution < -0.4 is 14.8 Å². The van der Waals surface area contributed by atoms with Crippen molar-refractivity contribution in [3.05, 3.63) is 77.6 Å². The van der Waals surface area contributed by atoms with E-state index in [0.29, 0.717) is 29.3 Å². The lowest BCUT2D eigenvalue weighted by atomic mass is 10.0. The number of aryl methyl sites for hydroxylation is 2. The number of nitrogens with zero attached hydrogens (tertiary/aromatic N) is 2. The third-order valence-electron chi connectivity index (χ3n) is 4.68. The van der Waals surface area contributed by atoms with Gasteiger partial charge in [0.1, 0.15) is 17.7 Å². The molecule has 4 rings (SSSR count). The molecule has 6 nitrogen and oxygen atoms in total. The molecule has 0 fully saturated rings. The number of fused-ring (bicyclic) bond motifs is 1. The number of nitrogens with one attached hydrogen (secondary N) is 1. The molecule has 0 aliphatic carbocycles. The normalized spacial score (nSPS) is 13.4. The lowest BCUT2D eigenvalue weighted by Crippen LogP contribution is -2.31. The van der Waals surface area contributed by atoms with Crippen LogP contribution in [0, 0.1) is 5.82 Å². The summed E-state index contributed by atoms with van der Waals surface area (Å²) in [4.78, 5) is 17.0. The van der Waals surface area contributed by atoms with E-state index in [-0.39, 0.29) is 24.9 Å². The van der Waals surface area contributed by atoms with Gasteiger partial charge in [0.2, 0.25) is 12.7 Å². The zero-order valence-corrected chi connectivity index (χ0v) is 15.4. The summed E-state index contributed by atoms with van der Waals surface area (Å²) in [6.07, 6.45) is 4.29. The fraction of sp³-hybridized carbons (Fsp3) is 0.238. The van der Waals surface area contributed by atoms with Crippen LogP contribution in [0.25, 0.3) is 0 Å². The van der Waals surface area contributed by atoms with E-state index in [4.69, 9.17) is 9.47 Å². The predicted octanol–water partition coefficient (Wildman–Crippen LogP) is 3.13. The predicted molar refractivity (Wildman–Crippen MR) is 100 cm³/mol. The molecule has 28 heavy (non-hydrogen) atoms. The summed E-state index contributed by atoms with van der Waals surface area (Å²) in [5.74, 6) is 1.56. The van der Waals surface area contributed by atoms with Gasteiger partial charge in [0.25, 0.3) is 0 Å². The topological polar surface area (TPSA) is 65.4 Å². The van der Waals surface area contributed by atoms with Crippen LogP contribution in [-0.4, -0.2) is 22.3 Å². The molecular weight excluding hydrogens is 361 g/mol. The summed E-state index contributed by atoms with van der Waals surface area (Å²) < 4.78 is 26.2. The van der Waals surface area contributed by atoms with Gasteiger partial charge < -0.3 is 19.4 Å². The van der Waals surface area contributed by atoms with Gasteiger partial charge in [-0.15, -0.1) is 0 Å². The first-order valence-corrected chi connectivity index (χ1v) is 9.01. The molecular formula is C21H20FN3O3. The van der Waals surface area contributed by atoms with Crippen molar-refractivity contribution < 1.29 is 18.7 Å². The van der Waals surface area contributed by atoms with Crippen LogP contribution in [0.3, 0.4) is 0 Å². The molecule has 2 aromatic carbocycles. The van der Waals surface area contributed by atoms with E-state index in [0.717, 1.165) is 5.56 Å². The van der Waals surface area contributed by atoms with Gasteiger partial charge in [0.05, 0.1) is 0 Å². The molecule has 7 heteroatoms. The summed E-state index contributed by atoms with van der Waals surface area (Å²) in [7, 11) is 1.84. The van der Waals surface area contributed by atoms with Gasteiger partial charge in [-0.2, -0.15) is 0 Å². The molecule has 1 aromatic heterocycles. The van der Waals surface area contributed by atoms with Crippen LogP contribution in [-0.2, 0) is 18.3 Å². The molecule has 1 unspecified atom stereocenters. The van der Waals surface area contributed by atoms with Gasteiger partial charge in [-0.05, 0) is 41.8 Å². The minimum Gasteiger partial charge on any atom is -0.454 e. The number of hydrogen-bond donors (Lipinski definition) is 1. The molecule has 1 aliphatic heterocycles. The molecule has 0 spiro atoms. The molecule has 1 amide bonds. The average molecular weight is 381 g/mol. The molecule has 0 saturated heterocycles. The van der Waals surface area contributed by atoms with E-state index in [1.807, 2.05) is 29.8 Å². The van der Waals surface area contributed by atoms with Crippen molar-refractivity contribution in [1.29, 1.82) is 0 Å². The van der Waals surface area contributed by atoms with Crippen molar-refractivity contribution in [3.63, 3.8) is 0 Å². The maximum absolute atomic E-state index is 13.7. The van der Waals surface area contributed by atoms with Crippen LogP contribution in [0.2, 0.25) is 0 Å². The number of carbonyl (C=O) groups is 1. The van der Waals surface area contributed by atoms with Crippen molar-refractivity contribution in [1.82, 2.24) is 14.9 Å². The standard InChI is InChI=1S/C21H20FN3O3/c1-25-10-9-23-21(25)20(15-3-2-4-16(22)12-15)24-19(26)8-6-14-5-7-17-18(11-14)28-13-27-17/h2-5,7,9-12,20H,6,8,13H2,1H3,(H,24,26). The second-order valence-corrected chi connectivity index (χ2v) is 6.64. The van der Waals surface area contributed by atoms with Crippen LogP contribution in [0.15, 0.2) is 54.9 Å². The Kier molecular flexibility index (Phi) is 4.97. The highest BCUT2D eigenvalue weighted by Gasteiger charge is 2.21. The van der Waals surface area contributed by atoms with Crippen molar-refractivity contribution >= 4 is 5.91 Å². The lowest BCUT2D eigenvalue weighted by Gasteiger charge is -2.19. The monoisotopic (exact) mass is 381 g/mol. The van der Waals surface area contributed by atoms with Gasteiger partial charge in [-0.3, -0.25) is 4.79 Å². The van der Waals surface area contributed by atoms with E-state index < -0.39 is 6.04 Å². The van der Waals surface area contributed by atoms with E-state index in [9.17, 15) is 9.18 Å². The zero-order valence-electron chi connectivity index (χ0n) is 15.4. The molecule has 1 N–H and O–H groups in total. The first kappa shape index (κ1) is 18.0. The second kappa shape index (κ2) is 7.72. The molecule has 0 radical (unpaired) electrons. The fourth-order valence-corrected chi connectivity index (χ4v) is 3.23. The maximum atomic E-state index is 13.7. The van der Waals surface area contributed by atoms with E-state index in [1.54, 1.807) is 24.5 Å². The first-order valence-electron chi connectivity index (χ1n) is 9.01. The van der Waals surface area contributed by atoms with Crippen molar-refractivity contribution in [2.24, 2.45) is 7.05 Å². The Morgan fingerprint density at radius 1 is 1.25 bits per heavy atom. The molecule has 3 aromatic rings. The van der Waals surface area contributed by atoms with E-state index in [1.165, 1.54) is 12.1 Å². The smallest absolute Gasteiger partial charge is 0.231 e. The van der Waals surface area contributed by atoms with Crippen LogP contribution in [0.1, 0.15) is 29.4 Å². The highest BCUT2D eigenvalue weighted by atomic mass is 19.1. The summed E-state index contributed by atoms with van der Waals surface area (Å²) in [6.45, 7) is 0.220. The number of rotatable bonds is 6. The molecule has 1 atom stereocenters. The third-order valence-corrected chi connectivity index (χ3v) is 4.68. The Labute approximate surface area is 161 Å². The van der Waals surface area contributed by atoms with Crippen molar-refractivity contribution in [2.45, 2.75) is 18.9 Å². The van der Waals surface area contributed by atoms with Gasteiger partial charge in [-0.25, -0.2) is 9.37 Å². The quantitative estimate of drug-likeness (QED) is 0.713. The molecule has 0 bridgehead atoms. The molecule has 0 saturated carbocycles. The number of aromatic nitrogens is 2. The fourth-order valence-electron chi connectivity index (χ4n) is 3.23. The van der Waals surface area contributed by atoms with Gasteiger partial charge >= 0.3 is 0 Å². The van der Waals surface area contributed by atoms with Crippen LogP contribution in [0.4, 0.5) is 4.39 Å². The Morgan fingerprint density at radius 3 is 2.89 bits per heavy atom. The minimum atomic E-state index is -0.528. The van der Waals surface area contributed by atoms with E-state index in [2.05, 4.69) is 10.3 Å². The number of hydrogen-bond acceptors (Lipinski definition) is 4. The van der Waals surface area contributed by atoms with Gasteiger partial charge in [0, 0.05) is 25.9 Å². The highest BCUT2D eigenvalue weighted by molar-refractivity contribution is 5.77. The Morgan fingerprint density at radius 2 is 2.11 bits per heavy atom. The van der Waals surface area contributed by atoms with Crippen LogP contribution in [0.5, 0.6) is 11.5 Å². The average Bonchev–Trinajstić information content (AvgIpc) is 3.32. The van der Waals surface area contributed by atoms with Gasteiger partial charge in [-0.1, -0.05) is 18.2 Å². The van der Waals surface area contributed by atoms with Crippen LogP contribution >= 0.6 is 0 Å². The Hall–Kier alpha value is -3.35. The largest absolute Gasteiger partial charge is 0.454 e. The number of amides is 1. The second-order valence-electron chi connectivity index (χ2n) is 6.64. The maximum Gasteiger partial charge on any atom is 0.231 e.